The van der Waals surface area contributed by atoms with Crippen LogP contribution in [-0.4, -0.2) is 18.3 Å². The summed E-state index contributed by atoms with van der Waals surface area (Å²) in [5, 5.41) is 0. The first-order chi connectivity index (χ1) is 16.7. The molecule has 1 aliphatic carbocycles. The lowest BCUT2D eigenvalue weighted by Crippen LogP contribution is -2.41. The van der Waals surface area contributed by atoms with Gasteiger partial charge in [-0.05, 0) is 78.7 Å². The number of hydrogen-bond donors (Lipinski definition) is 0. The van der Waals surface area contributed by atoms with Gasteiger partial charge in [0.05, 0.1) is 16.6 Å². The van der Waals surface area contributed by atoms with Crippen LogP contribution in [0.5, 0.6) is 0 Å². The van der Waals surface area contributed by atoms with E-state index < -0.39 is 12.5 Å². The van der Waals surface area contributed by atoms with Gasteiger partial charge in [0.15, 0.2) is 0 Å². The van der Waals surface area contributed by atoms with Crippen molar-refractivity contribution in [2.45, 2.75) is 44.3 Å². The van der Waals surface area contributed by atoms with Crippen LogP contribution in [0.1, 0.15) is 49.9 Å². The number of halogens is 1. The van der Waals surface area contributed by atoms with Crippen molar-refractivity contribution in [3.63, 3.8) is 0 Å². The third-order valence-corrected chi connectivity index (χ3v) is 8.56. The third-order valence-electron chi connectivity index (χ3n) is 8.06. The Morgan fingerprint density at radius 2 is 1.09 bits per heavy atom. The molecule has 0 radical (unpaired) electrons. The molecule has 4 heteroatoms. The summed E-state index contributed by atoms with van der Waals surface area (Å²) < 4.78 is 14.0. The van der Waals surface area contributed by atoms with Crippen LogP contribution < -0.4 is 5.46 Å². The molecule has 35 heavy (non-hydrogen) atoms. The minimum Gasteiger partial charge on any atom is -0.399 e. The van der Waals surface area contributed by atoms with E-state index in [0.29, 0.717) is 0 Å². The van der Waals surface area contributed by atoms with Crippen molar-refractivity contribution < 1.29 is 9.31 Å². The number of hydrogen-bond acceptors (Lipinski definition) is 2. The van der Waals surface area contributed by atoms with E-state index in [1.165, 1.54) is 33.4 Å². The molecular weight excluding hydrogens is 495 g/mol. The summed E-state index contributed by atoms with van der Waals surface area (Å²) in [6.07, 6.45) is 0. The molecule has 0 atom stereocenters. The van der Waals surface area contributed by atoms with Crippen molar-refractivity contribution in [2.24, 2.45) is 0 Å². The standard InChI is InChI=1S/C31H28BBrO2/c1-29(2)30(3,4)35-32(34-29)23-15-17-25-26-18-16-24(33)20-28(26)31(27(25)19-23,21-11-7-5-8-12-21)22-13-9-6-10-14-22/h5-20H,1-4H3. The van der Waals surface area contributed by atoms with Crippen LogP contribution in [0.25, 0.3) is 11.1 Å². The van der Waals surface area contributed by atoms with E-state index in [1.807, 2.05) is 0 Å². The smallest absolute Gasteiger partial charge is 0.399 e. The third kappa shape index (κ3) is 3.31. The SMILES string of the molecule is CC1(C)OB(c2ccc3c(c2)C(c2ccccc2)(c2ccccc2)c2cc(Br)ccc2-3)OC1(C)C. The zero-order chi connectivity index (χ0) is 24.4. The molecule has 0 N–H and O–H groups in total. The Bertz CT molecular complexity index is 1360. The molecule has 2 aliphatic rings. The minimum absolute atomic E-state index is 0.388. The van der Waals surface area contributed by atoms with Crippen LogP contribution in [0.2, 0.25) is 0 Å². The molecule has 1 saturated heterocycles. The second kappa shape index (κ2) is 7.93. The average Bonchev–Trinajstić information content (AvgIpc) is 3.26. The molecule has 4 aromatic rings. The summed E-state index contributed by atoms with van der Waals surface area (Å²) in [5.41, 5.74) is 7.37. The van der Waals surface area contributed by atoms with Crippen LogP contribution in [0.3, 0.4) is 0 Å². The van der Waals surface area contributed by atoms with E-state index in [9.17, 15) is 0 Å². The van der Waals surface area contributed by atoms with Gasteiger partial charge in [-0.15, -0.1) is 0 Å². The first kappa shape index (κ1) is 22.8. The molecular formula is C31H28BBrO2. The molecule has 1 heterocycles. The molecule has 6 rings (SSSR count). The van der Waals surface area contributed by atoms with Crippen molar-refractivity contribution in [1.82, 2.24) is 0 Å². The van der Waals surface area contributed by atoms with Crippen molar-refractivity contribution in [3.05, 3.63) is 124 Å². The van der Waals surface area contributed by atoms with Gasteiger partial charge >= 0.3 is 7.12 Å². The number of fused-ring (bicyclic) bond motifs is 3. The van der Waals surface area contributed by atoms with E-state index in [0.717, 1.165) is 9.94 Å². The highest BCUT2D eigenvalue weighted by Gasteiger charge is 2.53. The molecule has 0 unspecified atom stereocenters. The Balaban J connectivity index is 1.65. The topological polar surface area (TPSA) is 18.5 Å². The second-order valence-corrected chi connectivity index (χ2v) is 11.5. The highest BCUT2D eigenvalue weighted by Crippen LogP contribution is 2.56. The van der Waals surface area contributed by atoms with Gasteiger partial charge in [-0.1, -0.05) is 101 Å². The van der Waals surface area contributed by atoms with E-state index >= 15 is 0 Å². The molecule has 0 bridgehead atoms. The predicted octanol–water partition coefficient (Wildman–Crippen LogP) is 7.11. The Labute approximate surface area is 216 Å². The van der Waals surface area contributed by atoms with E-state index in [1.54, 1.807) is 0 Å². The van der Waals surface area contributed by atoms with Crippen molar-refractivity contribution >= 4 is 28.5 Å². The predicted molar refractivity (Wildman–Crippen MR) is 147 cm³/mol. The molecule has 1 aliphatic heterocycles. The minimum atomic E-state index is -0.448. The maximum atomic E-state index is 6.46. The van der Waals surface area contributed by atoms with Crippen molar-refractivity contribution in [3.8, 4) is 11.1 Å². The molecule has 0 amide bonds. The zero-order valence-electron chi connectivity index (χ0n) is 20.5. The Hall–Kier alpha value is -2.66. The monoisotopic (exact) mass is 522 g/mol. The Kier molecular flexibility index (Phi) is 5.16. The molecule has 0 aromatic heterocycles. The lowest BCUT2D eigenvalue weighted by molar-refractivity contribution is 0.00578. The van der Waals surface area contributed by atoms with Gasteiger partial charge in [-0.3, -0.25) is 0 Å². The zero-order valence-corrected chi connectivity index (χ0v) is 22.1. The molecule has 2 nitrogen and oxygen atoms in total. The van der Waals surface area contributed by atoms with Gasteiger partial charge in [0.25, 0.3) is 0 Å². The van der Waals surface area contributed by atoms with E-state index in [2.05, 4.69) is 141 Å². The van der Waals surface area contributed by atoms with Gasteiger partial charge in [-0.25, -0.2) is 0 Å². The summed E-state index contributed by atoms with van der Waals surface area (Å²) in [7, 11) is -0.412. The summed E-state index contributed by atoms with van der Waals surface area (Å²) >= 11 is 3.76. The van der Waals surface area contributed by atoms with Gasteiger partial charge in [0.1, 0.15) is 0 Å². The van der Waals surface area contributed by atoms with Gasteiger partial charge in [-0.2, -0.15) is 0 Å². The maximum Gasteiger partial charge on any atom is 0.494 e. The van der Waals surface area contributed by atoms with E-state index in [-0.39, 0.29) is 11.2 Å². The lowest BCUT2D eigenvalue weighted by atomic mass is 9.66. The number of rotatable bonds is 3. The summed E-state index contributed by atoms with van der Waals surface area (Å²) in [6, 6.07) is 35.1. The van der Waals surface area contributed by atoms with Gasteiger partial charge in [0.2, 0.25) is 0 Å². The average molecular weight is 523 g/mol. The summed E-state index contributed by atoms with van der Waals surface area (Å²) in [4.78, 5) is 0. The first-order valence-corrected chi connectivity index (χ1v) is 12.9. The quantitative estimate of drug-likeness (QED) is 0.235. The number of benzene rings is 4. The molecule has 0 saturated carbocycles. The van der Waals surface area contributed by atoms with Crippen molar-refractivity contribution in [1.29, 1.82) is 0 Å². The van der Waals surface area contributed by atoms with Crippen LogP contribution in [0.15, 0.2) is 102 Å². The largest absolute Gasteiger partial charge is 0.494 e. The van der Waals surface area contributed by atoms with Crippen LogP contribution in [0.4, 0.5) is 0 Å². The fraction of sp³-hybridized carbons (Fsp3) is 0.226. The Morgan fingerprint density at radius 3 is 1.63 bits per heavy atom. The normalized spacial score (nSPS) is 18.8. The maximum absolute atomic E-state index is 6.46. The summed E-state index contributed by atoms with van der Waals surface area (Å²) in [6.45, 7) is 8.41. The van der Waals surface area contributed by atoms with E-state index in [4.69, 9.17) is 9.31 Å². The van der Waals surface area contributed by atoms with Crippen LogP contribution >= 0.6 is 15.9 Å². The van der Waals surface area contributed by atoms with Gasteiger partial charge in [0, 0.05) is 4.47 Å². The second-order valence-electron chi connectivity index (χ2n) is 10.6. The highest BCUT2D eigenvalue weighted by molar-refractivity contribution is 9.10. The lowest BCUT2D eigenvalue weighted by Gasteiger charge is -2.34. The summed E-state index contributed by atoms with van der Waals surface area (Å²) in [5.74, 6) is 0. The van der Waals surface area contributed by atoms with Crippen LogP contribution in [0, 0.1) is 0 Å². The first-order valence-electron chi connectivity index (χ1n) is 12.2. The molecule has 174 valence electrons. The fourth-order valence-corrected chi connectivity index (χ4v) is 5.97. The van der Waals surface area contributed by atoms with Crippen LogP contribution in [-0.2, 0) is 14.7 Å². The molecule has 0 spiro atoms. The van der Waals surface area contributed by atoms with Gasteiger partial charge < -0.3 is 9.31 Å². The highest BCUT2D eigenvalue weighted by atomic mass is 79.9. The van der Waals surface area contributed by atoms with Crippen molar-refractivity contribution in [2.75, 3.05) is 0 Å². The molecule has 1 fully saturated rings. The Morgan fingerprint density at radius 1 is 0.600 bits per heavy atom. The fourth-order valence-electron chi connectivity index (χ4n) is 5.60. The molecule has 4 aromatic carbocycles.